The van der Waals surface area contributed by atoms with Crippen molar-refractivity contribution in [2.75, 3.05) is 37.3 Å². The molecular weight excluding hydrogens is 584 g/mol. The van der Waals surface area contributed by atoms with Crippen LogP contribution in [0.3, 0.4) is 0 Å². The molecule has 44 heavy (non-hydrogen) atoms. The van der Waals surface area contributed by atoms with Crippen molar-refractivity contribution < 1.29 is 37.6 Å². The van der Waals surface area contributed by atoms with Crippen molar-refractivity contribution in [1.82, 2.24) is 5.32 Å². The van der Waals surface area contributed by atoms with Crippen molar-refractivity contribution in [2.45, 2.75) is 19.6 Å². The van der Waals surface area contributed by atoms with Crippen molar-refractivity contribution in [3.05, 3.63) is 108 Å². The van der Waals surface area contributed by atoms with Crippen LogP contribution >= 0.6 is 0 Å². The predicted octanol–water partition coefficient (Wildman–Crippen LogP) is 5.10. The van der Waals surface area contributed by atoms with Gasteiger partial charge in [-0.25, -0.2) is 13.2 Å². The number of hydrogen-bond acceptors (Lipinski definition) is 8. The van der Waals surface area contributed by atoms with Crippen molar-refractivity contribution in [3.8, 4) is 28.4 Å². The highest BCUT2D eigenvalue weighted by molar-refractivity contribution is 7.92. The molecule has 0 bridgehead atoms. The fourth-order valence-electron chi connectivity index (χ4n) is 4.39. The Kier molecular flexibility index (Phi) is 11.2. The van der Waals surface area contributed by atoms with Gasteiger partial charge in [-0.1, -0.05) is 54.6 Å². The minimum Gasteiger partial charge on any atom is -0.493 e. The zero-order valence-electron chi connectivity index (χ0n) is 24.5. The Balaban J connectivity index is 1.28. The van der Waals surface area contributed by atoms with Gasteiger partial charge in [0.25, 0.3) is 0 Å². The summed E-state index contributed by atoms with van der Waals surface area (Å²) in [4.78, 5) is 11.4. The highest BCUT2D eigenvalue weighted by atomic mass is 32.2. The third-order valence-electron chi connectivity index (χ3n) is 6.51. The van der Waals surface area contributed by atoms with Crippen LogP contribution in [-0.4, -0.2) is 57.2 Å². The lowest BCUT2D eigenvalue weighted by atomic mass is 10.0. The van der Waals surface area contributed by atoms with E-state index in [1.165, 1.54) is 6.07 Å². The summed E-state index contributed by atoms with van der Waals surface area (Å²) < 4.78 is 43.5. The summed E-state index contributed by atoms with van der Waals surface area (Å²) in [6.45, 7) is 3.45. The number of carboxylic acid groups (broad SMARTS) is 1. The minimum absolute atomic E-state index is 0.115. The predicted molar refractivity (Wildman–Crippen MR) is 169 cm³/mol. The number of sulfonamides is 1. The molecular formula is C33H36N2O8S. The molecule has 11 heteroatoms. The van der Waals surface area contributed by atoms with Gasteiger partial charge in [-0.05, 0) is 65.6 Å². The number of nitrogens with one attached hydrogen (secondary N) is 2. The molecule has 0 unspecified atom stereocenters. The first-order chi connectivity index (χ1) is 21.1. The van der Waals surface area contributed by atoms with Crippen LogP contribution in [0, 0.1) is 0 Å². The number of anilines is 1. The molecule has 1 atom stereocenters. The maximum atomic E-state index is 12.0. The van der Waals surface area contributed by atoms with Gasteiger partial charge in [0.2, 0.25) is 10.0 Å². The van der Waals surface area contributed by atoms with Crippen molar-refractivity contribution in [3.63, 3.8) is 0 Å². The van der Waals surface area contributed by atoms with Gasteiger partial charge in [-0.3, -0.25) is 4.72 Å². The molecule has 4 aromatic carbocycles. The van der Waals surface area contributed by atoms with E-state index in [0.29, 0.717) is 42.6 Å². The number of carboxylic acids is 1. The van der Waals surface area contributed by atoms with E-state index in [1.807, 2.05) is 54.6 Å². The summed E-state index contributed by atoms with van der Waals surface area (Å²) >= 11 is 0. The Bertz CT molecular complexity index is 1640. The van der Waals surface area contributed by atoms with Crippen molar-refractivity contribution >= 4 is 21.7 Å². The van der Waals surface area contributed by atoms with Crippen LogP contribution in [0.5, 0.6) is 17.2 Å². The largest absolute Gasteiger partial charge is 0.493 e. The first-order valence-electron chi connectivity index (χ1n) is 14.0. The number of hydrogen-bond donors (Lipinski definition) is 4. The SMILES string of the molecule is CCOc1cc(-c2ccc(OCCNC[C@H](O)c3ccc(OCc4ccccc4)c(NS(C)(=O)=O)c3)cc2)ccc1C(=O)O. The third-order valence-corrected chi connectivity index (χ3v) is 7.10. The lowest BCUT2D eigenvalue weighted by molar-refractivity contribution is 0.0692. The second-order valence-corrected chi connectivity index (χ2v) is 11.7. The van der Waals surface area contributed by atoms with Gasteiger partial charge in [-0.2, -0.15) is 0 Å². The Morgan fingerprint density at radius 3 is 2.27 bits per heavy atom. The smallest absolute Gasteiger partial charge is 0.339 e. The van der Waals surface area contributed by atoms with Crippen molar-refractivity contribution in [1.29, 1.82) is 0 Å². The van der Waals surface area contributed by atoms with Gasteiger partial charge >= 0.3 is 5.97 Å². The molecule has 4 rings (SSSR count). The number of rotatable bonds is 16. The quantitative estimate of drug-likeness (QED) is 0.126. The maximum absolute atomic E-state index is 12.0. The fraction of sp³-hybridized carbons (Fsp3) is 0.242. The van der Waals surface area contributed by atoms with Gasteiger partial charge in [-0.15, -0.1) is 0 Å². The Labute approximate surface area is 257 Å². The molecule has 0 heterocycles. The van der Waals surface area contributed by atoms with Gasteiger partial charge in [0.15, 0.2) is 0 Å². The lowest BCUT2D eigenvalue weighted by Gasteiger charge is -2.17. The molecule has 0 spiro atoms. The minimum atomic E-state index is -3.57. The number of benzene rings is 4. The highest BCUT2D eigenvalue weighted by Gasteiger charge is 2.15. The van der Waals surface area contributed by atoms with E-state index in [0.717, 1.165) is 22.9 Å². The van der Waals surface area contributed by atoms with Crippen LogP contribution in [0.2, 0.25) is 0 Å². The summed E-state index contributed by atoms with van der Waals surface area (Å²) in [5.74, 6) is 0.294. The van der Waals surface area contributed by atoms with E-state index in [4.69, 9.17) is 14.2 Å². The van der Waals surface area contributed by atoms with Crippen LogP contribution < -0.4 is 24.2 Å². The highest BCUT2D eigenvalue weighted by Crippen LogP contribution is 2.31. The van der Waals surface area contributed by atoms with Crippen LogP contribution in [0.15, 0.2) is 91.0 Å². The summed E-state index contributed by atoms with van der Waals surface area (Å²) in [5, 5.41) is 23.2. The lowest BCUT2D eigenvalue weighted by Crippen LogP contribution is -2.26. The normalized spacial score (nSPS) is 11.9. The van der Waals surface area contributed by atoms with Gasteiger partial charge in [0.1, 0.15) is 36.0 Å². The van der Waals surface area contributed by atoms with Crippen LogP contribution in [-0.2, 0) is 16.6 Å². The average Bonchev–Trinajstić information content (AvgIpc) is 3.00. The molecule has 232 valence electrons. The number of aliphatic hydroxyl groups is 1. The zero-order valence-corrected chi connectivity index (χ0v) is 25.3. The van der Waals surface area contributed by atoms with E-state index in [2.05, 4.69) is 10.0 Å². The average molecular weight is 621 g/mol. The van der Waals surface area contributed by atoms with Crippen LogP contribution in [0.4, 0.5) is 5.69 Å². The maximum Gasteiger partial charge on any atom is 0.339 e. The first kappa shape index (κ1) is 32.3. The molecule has 0 aliphatic carbocycles. The van der Waals surface area contributed by atoms with Gasteiger partial charge < -0.3 is 29.7 Å². The second kappa shape index (κ2) is 15.2. The van der Waals surface area contributed by atoms with E-state index < -0.39 is 22.1 Å². The number of carbonyl (C=O) groups is 1. The van der Waals surface area contributed by atoms with Gasteiger partial charge in [0.05, 0.1) is 24.7 Å². The Morgan fingerprint density at radius 1 is 0.864 bits per heavy atom. The summed E-state index contributed by atoms with van der Waals surface area (Å²) in [6.07, 6.45) is 0.162. The first-order valence-corrected chi connectivity index (χ1v) is 15.9. The van der Waals surface area contributed by atoms with Crippen molar-refractivity contribution in [2.24, 2.45) is 0 Å². The molecule has 0 aliphatic heterocycles. The molecule has 0 amide bonds. The van der Waals surface area contributed by atoms with Gasteiger partial charge in [0, 0.05) is 13.1 Å². The molecule has 10 nitrogen and oxygen atoms in total. The molecule has 0 fully saturated rings. The van der Waals surface area contributed by atoms with Crippen LogP contribution in [0.25, 0.3) is 11.1 Å². The monoisotopic (exact) mass is 620 g/mol. The van der Waals surface area contributed by atoms with E-state index >= 15 is 0 Å². The number of aromatic carboxylic acids is 1. The molecule has 4 N–H and O–H groups in total. The Hall–Kier alpha value is -4.58. The number of aliphatic hydroxyl groups excluding tert-OH is 1. The topological polar surface area (TPSA) is 143 Å². The molecule has 0 saturated heterocycles. The zero-order chi connectivity index (χ0) is 31.5. The summed E-state index contributed by atoms with van der Waals surface area (Å²) in [5.41, 5.74) is 3.54. The van der Waals surface area contributed by atoms with E-state index in [-0.39, 0.29) is 24.4 Å². The molecule has 0 aliphatic rings. The second-order valence-electron chi connectivity index (χ2n) is 9.95. The standard InChI is InChI=1S/C33H36N2O8S/c1-3-41-32-20-25(11-15-28(32)33(37)38)24-9-13-27(14-10-24)42-18-17-34-21-30(36)26-12-16-31(29(19-26)35-44(2,39)40)43-22-23-7-5-4-6-8-23/h4-16,19-20,30,34-36H,3,17-18,21-22H2,1-2H3,(H,37,38)/t30-/m0/s1. The molecule has 0 saturated carbocycles. The molecule has 4 aromatic rings. The molecule has 0 radical (unpaired) electrons. The van der Waals surface area contributed by atoms with E-state index in [1.54, 1.807) is 37.3 Å². The fourth-order valence-corrected chi connectivity index (χ4v) is 4.95. The summed E-state index contributed by atoms with van der Waals surface area (Å²) in [7, 11) is -3.57. The summed E-state index contributed by atoms with van der Waals surface area (Å²) in [6, 6.07) is 26.8. The van der Waals surface area contributed by atoms with Crippen LogP contribution in [0.1, 0.15) is 34.5 Å². The Morgan fingerprint density at radius 2 is 1.59 bits per heavy atom. The van der Waals surface area contributed by atoms with E-state index in [9.17, 15) is 23.4 Å². The number of ether oxygens (including phenoxy) is 3. The molecule has 0 aromatic heterocycles. The third kappa shape index (κ3) is 9.46.